The van der Waals surface area contributed by atoms with E-state index in [4.69, 9.17) is 9.84 Å². The lowest BCUT2D eigenvalue weighted by molar-refractivity contribution is -0.137. The molecule has 3 rings (SSSR count). The molecule has 0 aliphatic heterocycles. The van der Waals surface area contributed by atoms with Crippen molar-refractivity contribution in [3.05, 3.63) is 59.5 Å². The first-order valence-corrected chi connectivity index (χ1v) is 8.42. The summed E-state index contributed by atoms with van der Waals surface area (Å²) in [5, 5.41) is 11.8. The van der Waals surface area contributed by atoms with E-state index in [9.17, 15) is 14.0 Å². The Labute approximate surface area is 150 Å². The molecule has 1 aliphatic rings. The van der Waals surface area contributed by atoms with Gasteiger partial charge in [-0.05, 0) is 43.0 Å². The highest BCUT2D eigenvalue weighted by Gasteiger charge is 2.22. The van der Waals surface area contributed by atoms with Crippen LogP contribution >= 0.6 is 0 Å². The highest BCUT2D eigenvalue weighted by Crippen LogP contribution is 2.24. The summed E-state index contributed by atoms with van der Waals surface area (Å²) in [5.41, 5.74) is 0.842. The number of carboxylic acids is 1. The maximum atomic E-state index is 13.1. The van der Waals surface area contributed by atoms with Crippen molar-refractivity contribution in [2.75, 3.05) is 0 Å². The Morgan fingerprint density at radius 2 is 2.00 bits per heavy atom. The van der Waals surface area contributed by atoms with Crippen molar-refractivity contribution in [2.24, 2.45) is 0 Å². The summed E-state index contributed by atoms with van der Waals surface area (Å²) in [6, 6.07) is 7.68. The number of amides is 1. The van der Waals surface area contributed by atoms with Crippen LogP contribution < -0.4 is 10.1 Å². The molecule has 1 aromatic carbocycles. The smallest absolute Gasteiger partial charge is 0.305 e. The number of carbonyl (C=O) groups is 2. The van der Waals surface area contributed by atoms with Gasteiger partial charge in [0.1, 0.15) is 11.9 Å². The summed E-state index contributed by atoms with van der Waals surface area (Å²) in [6.07, 6.45) is 4.38. The zero-order chi connectivity index (χ0) is 18.5. The van der Waals surface area contributed by atoms with E-state index in [1.807, 2.05) is 0 Å². The van der Waals surface area contributed by atoms with Crippen LogP contribution in [-0.4, -0.2) is 28.1 Å². The zero-order valence-corrected chi connectivity index (χ0v) is 14.0. The fourth-order valence-corrected chi connectivity index (χ4v) is 2.64. The zero-order valence-electron chi connectivity index (χ0n) is 14.0. The second-order valence-corrected chi connectivity index (χ2v) is 6.23. The number of hydrogen-bond donors (Lipinski definition) is 2. The number of rotatable bonds is 7. The average molecular weight is 358 g/mol. The highest BCUT2D eigenvalue weighted by atomic mass is 19.1. The van der Waals surface area contributed by atoms with Crippen LogP contribution in [0.5, 0.6) is 5.88 Å². The number of pyridine rings is 1. The maximum Gasteiger partial charge on any atom is 0.305 e. The number of nitrogens with one attached hydrogen (secondary N) is 1. The molecule has 26 heavy (non-hydrogen) atoms. The maximum absolute atomic E-state index is 13.1. The normalized spacial score (nSPS) is 15.0. The van der Waals surface area contributed by atoms with Gasteiger partial charge in [-0.2, -0.15) is 0 Å². The minimum Gasteiger partial charge on any atom is -0.481 e. The Bertz CT molecular complexity index is 790. The first-order chi connectivity index (χ1) is 12.5. The predicted octanol–water partition coefficient (Wildman–Crippen LogP) is 3.10. The van der Waals surface area contributed by atoms with Crippen LogP contribution in [0.1, 0.15) is 47.6 Å². The number of halogens is 1. The van der Waals surface area contributed by atoms with E-state index < -0.39 is 23.7 Å². The largest absolute Gasteiger partial charge is 0.481 e. The second kappa shape index (κ2) is 7.95. The van der Waals surface area contributed by atoms with Gasteiger partial charge in [0.05, 0.1) is 12.5 Å². The molecule has 2 aromatic rings. The average Bonchev–Trinajstić information content (AvgIpc) is 2.58. The molecular weight excluding hydrogens is 339 g/mol. The molecule has 0 bridgehead atoms. The monoisotopic (exact) mass is 358 g/mol. The molecule has 1 aromatic heterocycles. The lowest BCUT2D eigenvalue weighted by Crippen LogP contribution is -2.30. The SMILES string of the molecule is O=C(O)CC(NC(=O)c1ccnc(OC2CCC2)c1)c1ccc(F)cc1. The van der Waals surface area contributed by atoms with E-state index in [0.717, 1.165) is 19.3 Å². The second-order valence-electron chi connectivity index (χ2n) is 6.23. The molecule has 1 aliphatic carbocycles. The summed E-state index contributed by atoms with van der Waals surface area (Å²) in [5.74, 6) is -1.57. The van der Waals surface area contributed by atoms with Gasteiger partial charge in [-0.1, -0.05) is 12.1 Å². The van der Waals surface area contributed by atoms with Crippen LogP contribution in [0.3, 0.4) is 0 Å². The molecule has 1 fully saturated rings. The topological polar surface area (TPSA) is 88.5 Å². The van der Waals surface area contributed by atoms with Gasteiger partial charge in [0.2, 0.25) is 5.88 Å². The third kappa shape index (κ3) is 4.56. The van der Waals surface area contributed by atoms with Crippen molar-refractivity contribution in [2.45, 2.75) is 37.8 Å². The standard InChI is InChI=1S/C19H19FN2O4/c20-14-6-4-12(5-7-14)16(11-18(23)24)22-19(25)13-8-9-21-17(10-13)26-15-2-1-3-15/h4-10,15-16H,1-3,11H2,(H,22,25)(H,23,24). The first-order valence-electron chi connectivity index (χ1n) is 8.42. The molecule has 136 valence electrons. The molecule has 7 heteroatoms. The Balaban J connectivity index is 1.73. The van der Waals surface area contributed by atoms with E-state index in [1.165, 1.54) is 42.6 Å². The molecule has 6 nitrogen and oxygen atoms in total. The van der Waals surface area contributed by atoms with Gasteiger partial charge in [-0.25, -0.2) is 9.37 Å². The highest BCUT2D eigenvalue weighted by molar-refractivity contribution is 5.94. The van der Waals surface area contributed by atoms with Gasteiger partial charge < -0.3 is 15.2 Å². The lowest BCUT2D eigenvalue weighted by Gasteiger charge is -2.25. The quantitative estimate of drug-likeness (QED) is 0.794. The Kier molecular flexibility index (Phi) is 5.46. The van der Waals surface area contributed by atoms with Gasteiger partial charge >= 0.3 is 5.97 Å². The molecule has 1 unspecified atom stereocenters. The van der Waals surface area contributed by atoms with Gasteiger partial charge in [-0.15, -0.1) is 0 Å². The minimum absolute atomic E-state index is 0.139. The number of aromatic nitrogens is 1. The van der Waals surface area contributed by atoms with E-state index in [1.54, 1.807) is 0 Å². The van der Waals surface area contributed by atoms with E-state index in [2.05, 4.69) is 10.3 Å². The van der Waals surface area contributed by atoms with Crippen LogP contribution in [0.25, 0.3) is 0 Å². The Hall–Kier alpha value is -2.96. The van der Waals surface area contributed by atoms with E-state index in [0.29, 0.717) is 17.0 Å². The van der Waals surface area contributed by atoms with Crippen LogP contribution in [0, 0.1) is 5.82 Å². The van der Waals surface area contributed by atoms with Crippen molar-refractivity contribution in [1.82, 2.24) is 10.3 Å². The summed E-state index contributed by atoms with van der Waals surface area (Å²) in [7, 11) is 0. The molecule has 1 atom stereocenters. The van der Waals surface area contributed by atoms with Crippen molar-refractivity contribution in [3.8, 4) is 5.88 Å². The van der Waals surface area contributed by atoms with Crippen LogP contribution in [0.4, 0.5) is 4.39 Å². The third-order valence-electron chi connectivity index (χ3n) is 4.29. The number of aliphatic carboxylic acids is 1. The van der Waals surface area contributed by atoms with Crippen LogP contribution in [0.2, 0.25) is 0 Å². The fourth-order valence-electron chi connectivity index (χ4n) is 2.64. The number of carbonyl (C=O) groups excluding carboxylic acids is 1. The Morgan fingerprint density at radius 3 is 2.62 bits per heavy atom. The molecular formula is C19H19FN2O4. The van der Waals surface area contributed by atoms with E-state index in [-0.39, 0.29) is 12.5 Å². The van der Waals surface area contributed by atoms with Crippen molar-refractivity contribution in [3.63, 3.8) is 0 Å². The molecule has 2 N–H and O–H groups in total. The number of ether oxygens (including phenoxy) is 1. The van der Waals surface area contributed by atoms with Crippen molar-refractivity contribution in [1.29, 1.82) is 0 Å². The number of nitrogens with zero attached hydrogens (tertiary/aromatic N) is 1. The molecule has 1 saturated carbocycles. The fraction of sp³-hybridized carbons (Fsp3) is 0.316. The molecule has 1 heterocycles. The molecule has 0 radical (unpaired) electrons. The summed E-state index contributed by atoms with van der Waals surface area (Å²) in [4.78, 5) is 27.8. The van der Waals surface area contributed by atoms with Gasteiger partial charge in [-0.3, -0.25) is 9.59 Å². The van der Waals surface area contributed by atoms with Crippen LogP contribution in [0.15, 0.2) is 42.6 Å². The first kappa shape index (κ1) is 17.8. The number of carboxylic acid groups (broad SMARTS) is 1. The molecule has 0 spiro atoms. The summed E-state index contributed by atoms with van der Waals surface area (Å²) >= 11 is 0. The lowest BCUT2D eigenvalue weighted by atomic mass is 9.96. The predicted molar refractivity (Wildman–Crippen MR) is 91.4 cm³/mol. The minimum atomic E-state index is -1.07. The van der Waals surface area contributed by atoms with Crippen molar-refractivity contribution < 1.29 is 23.8 Å². The molecule has 1 amide bonds. The van der Waals surface area contributed by atoms with Gasteiger partial charge in [0.25, 0.3) is 5.91 Å². The van der Waals surface area contributed by atoms with Crippen LogP contribution in [-0.2, 0) is 4.79 Å². The number of hydrogen-bond acceptors (Lipinski definition) is 4. The third-order valence-corrected chi connectivity index (χ3v) is 4.29. The summed E-state index contributed by atoms with van der Waals surface area (Å²) in [6.45, 7) is 0. The van der Waals surface area contributed by atoms with Gasteiger partial charge in [0, 0.05) is 17.8 Å². The Morgan fingerprint density at radius 1 is 1.27 bits per heavy atom. The van der Waals surface area contributed by atoms with E-state index >= 15 is 0 Å². The summed E-state index contributed by atoms with van der Waals surface area (Å²) < 4.78 is 18.8. The number of benzene rings is 1. The molecule has 0 saturated heterocycles. The van der Waals surface area contributed by atoms with Gasteiger partial charge in [0.15, 0.2) is 0 Å². The van der Waals surface area contributed by atoms with Crippen molar-refractivity contribution >= 4 is 11.9 Å².